The maximum Gasteiger partial charge on any atom is 0.394 e. The van der Waals surface area contributed by atoms with Gasteiger partial charge < -0.3 is 19.9 Å². The smallest absolute Gasteiger partial charge is 0.394 e. The molecule has 6 nitrogen and oxygen atoms in total. The minimum Gasteiger partial charge on any atom is -0.474 e. The van der Waals surface area contributed by atoms with Crippen LogP contribution < -0.4 is 14.8 Å². The second-order valence-corrected chi connectivity index (χ2v) is 2.83. The van der Waals surface area contributed by atoms with E-state index in [9.17, 15) is 9.59 Å². The SMILES string of the molecule is O=C(O)C(=O)Nc1ccc2c(c1)OCO2. The molecule has 1 aliphatic rings. The Hall–Kier alpha value is -2.24. The van der Waals surface area contributed by atoms with Crippen LogP contribution in [-0.4, -0.2) is 23.8 Å². The van der Waals surface area contributed by atoms with Gasteiger partial charge in [0, 0.05) is 11.8 Å². The molecule has 0 atom stereocenters. The molecule has 0 saturated heterocycles. The number of carbonyl (C=O) groups is 2. The number of amides is 1. The Bertz CT molecular complexity index is 429. The molecule has 1 heterocycles. The van der Waals surface area contributed by atoms with E-state index in [4.69, 9.17) is 14.6 Å². The highest BCUT2D eigenvalue weighted by Crippen LogP contribution is 2.34. The van der Waals surface area contributed by atoms with Crippen molar-refractivity contribution in [1.82, 2.24) is 0 Å². The third kappa shape index (κ3) is 1.83. The van der Waals surface area contributed by atoms with Gasteiger partial charge in [-0.1, -0.05) is 0 Å². The van der Waals surface area contributed by atoms with Gasteiger partial charge in [0.2, 0.25) is 6.79 Å². The Morgan fingerprint density at radius 2 is 2.00 bits per heavy atom. The number of carbonyl (C=O) groups excluding carboxylic acids is 1. The fraction of sp³-hybridized carbons (Fsp3) is 0.111. The zero-order valence-electron chi connectivity index (χ0n) is 7.52. The fourth-order valence-corrected chi connectivity index (χ4v) is 1.16. The van der Waals surface area contributed by atoms with Gasteiger partial charge in [0.15, 0.2) is 11.5 Å². The lowest BCUT2D eigenvalue weighted by Gasteiger charge is -2.02. The Morgan fingerprint density at radius 1 is 1.27 bits per heavy atom. The summed E-state index contributed by atoms with van der Waals surface area (Å²) in [5.41, 5.74) is 0.353. The quantitative estimate of drug-likeness (QED) is 0.655. The van der Waals surface area contributed by atoms with Gasteiger partial charge in [-0.05, 0) is 12.1 Å². The molecule has 0 fully saturated rings. The summed E-state index contributed by atoms with van der Waals surface area (Å²) in [6, 6.07) is 4.64. The summed E-state index contributed by atoms with van der Waals surface area (Å²) in [6.07, 6.45) is 0. The Morgan fingerprint density at radius 3 is 2.73 bits per heavy atom. The van der Waals surface area contributed by atoms with Crippen molar-refractivity contribution in [3.63, 3.8) is 0 Å². The average molecular weight is 209 g/mol. The van der Waals surface area contributed by atoms with Crippen LogP contribution >= 0.6 is 0 Å². The Kier molecular flexibility index (Phi) is 2.17. The van der Waals surface area contributed by atoms with Crippen molar-refractivity contribution in [3.8, 4) is 11.5 Å². The van der Waals surface area contributed by atoms with Gasteiger partial charge in [-0.2, -0.15) is 0 Å². The highest BCUT2D eigenvalue weighted by atomic mass is 16.7. The van der Waals surface area contributed by atoms with Crippen molar-refractivity contribution in [2.24, 2.45) is 0 Å². The van der Waals surface area contributed by atoms with E-state index in [0.717, 1.165) is 0 Å². The molecule has 0 radical (unpaired) electrons. The van der Waals surface area contributed by atoms with Crippen molar-refractivity contribution >= 4 is 17.6 Å². The number of fused-ring (bicyclic) bond motifs is 1. The first kappa shape index (κ1) is 9.32. The summed E-state index contributed by atoms with van der Waals surface area (Å²) in [6.45, 7) is 0.131. The van der Waals surface area contributed by atoms with Crippen LogP contribution in [0.2, 0.25) is 0 Å². The second-order valence-electron chi connectivity index (χ2n) is 2.83. The van der Waals surface area contributed by atoms with Crippen molar-refractivity contribution < 1.29 is 24.2 Å². The molecular weight excluding hydrogens is 202 g/mol. The lowest BCUT2D eigenvalue weighted by Crippen LogP contribution is -2.21. The van der Waals surface area contributed by atoms with E-state index < -0.39 is 11.9 Å². The first-order chi connectivity index (χ1) is 7.16. The number of ether oxygens (including phenoxy) is 2. The van der Waals surface area contributed by atoms with Gasteiger partial charge in [0.05, 0.1) is 0 Å². The number of benzene rings is 1. The fourth-order valence-electron chi connectivity index (χ4n) is 1.16. The number of hydrogen-bond acceptors (Lipinski definition) is 4. The molecule has 0 aromatic heterocycles. The summed E-state index contributed by atoms with van der Waals surface area (Å²) in [5.74, 6) is -1.57. The van der Waals surface area contributed by atoms with Crippen LogP contribution in [0.3, 0.4) is 0 Å². The van der Waals surface area contributed by atoms with Crippen molar-refractivity contribution in [3.05, 3.63) is 18.2 Å². The molecule has 0 aliphatic carbocycles. The molecule has 1 aromatic rings. The van der Waals surface area contributed by atoms with Gasteiger partial charge in [0.25, 0.3) is 0 Å². The molecular formula is C9H7NO5. The molecule has 2 N–H and O–H groups in total. The monoisotopic (exact) mass is 209 g/mol. The lowest BCUT2D eigenvalue weighted by molar-refractivity contribution is -0.147. The van der Waals surface area contributed by atoms with E-state index in [1.165, 1.54) is 12.1 Å². The number of anilines is 1. The minimum absolute atomic E-state index is 0.131. The van der Waals surface area contributed by atoms with E-state index in [2.05, 4.69) is 5.32 Å². The first-order valence-corrected chi connectivity index (χ1v) is 4.11. The average Bonchev–Trinajstić information content (AvgIpc) is 2.64. The van der Waals surface area contributed by atoms with Gasteiger partial charge in [-0.25, -0.2) is 4.79 Å². The largest absolute Gasteiger partial charge is 0.474 e. The van der Waals surface area contributed by atoms with E-state index in [0.29, 0.717) is 17.2 Å². The van der Waals surface area contributed by atoms with Crippen LogP contribution in [0.15, 0.2) is 18.2 Å². The van der Waals surface area contributed by atoms with Crippen LogP contribution in [0.5, 0.6) is 11.5 Å². The number of carboxylic acids is 1. The van der Waals surface area contributed by atoms with Gasteiger partial charge in [-0.15, -0.1) is 0 Å². The predicted octanol–water partition coefficient (Wildman–Crippen LogP) is 0.438. The maximum atomic E-state index is 10.8. The molecule has 0 unspecified atom stereocenters. The van der Waals surface area contributed by atoms with Crippen LogP contribution in [0, 0.1) is 0 Å². The van der Waals surface area contributed by atoms with Crippen LogP contribution in [0.25, 0.3) is 0 Å². The van der Waals surface area contributed by atoms with E-state index in [-0.39, 0.29) is 6.79 Å². The van der Waals surface area contributed by atoms with Crippen LogP contribution in [0.4, 0.5) is 5.69 Å². The Balaban J connectivity index is 2.17. The molecule has 0 bridgehead atoms. The minimum atomic E-state index is -1.53. The summed E-state index contributed by atoms with van der Waals surface area (Å²) >= 11 is 0. The third-order valence-electron chi connectivity index (χ3n) is 1.82. The molecule has 6 heteroatoms. The van der Waals surface area contributed by atoms with E-state index in [1.807, 2.05) is 0 Å². The van der Waals surface area contributed by atoms with Gasteiger partial charge in [-0.3, -0.25) is 4.79 Å². The first-order valence-electron chi connectivity index (χ1n) is 4.11. The molecule has 0 saturated carbocycles. The molecule has 2 rings (SSSR count). The Labute approximate surface area is 84.4 Å². The summed E-state index contributed by atoms with van der Waals surface area (Å²) in [5, 5.41) is 10.6. The summed E-state index contributed by atoms with van der Waals surface area (Å²) < 4.78 is 10.1. The molecule has 15 heavy (non-hydrogen) atoms. The number of rotatable bonds is 1. The standard InChI is InChI=1S/C9H7NO5/c11-8(9(12)13)10-5-1-2-6-7(3-5)15-4-14-6/h1-3H,4H2,(H,10,11)(H,12,13). The topological polar surface area (TPSA) is 84.9 Å². The number of hydrogen-bond donors (Lipinski definition) is 2. The number of carboxylic acid groups (broad SMARTS) is 1. The van der Waals surface area contributed by atoms with Crippen molar-refractivity contribution in [2.45, 2.75) is 0 Å². The number of aliphatic carboxylic acids is 1. The third-order valence-corrected chi connectivity index (χ3v) is 1.82. The molecule has 1 amide bonds. The van der Waals surface area contributed by atoms with Crippen molar-refractivity contribution in [2.75, 3.05) is 12.1 Å². The normalized spacial score (nSPS) is 12.3. The maximum absolute atomic E-state index is 10.8. The molecule has 78 valence electrons. The highest BCUT2D eigenvalue weighted by molar-refractivity contribution is 6.36. The predicted molar refractivity (Wildman–Crippen MR) is 48.8 cm³/mol. The number of nitrogens with one attached hydrogen (secondary N) is 1. The van der Waals surface area contributed by atoms with E-state index >= 15 is 0 Å². The summed E-state index contributed by atoms with van der Waals surface area (Å²) in [4.78, 5) is 21.1. The molecule has 1 aliphatic heterocycles. The zero-order valence-corrected chi connectivity index (χ0v) is 7.52. The van der Waals surface area contributed by atoms with Gasteiger partial charge >= 0.3 is 11.9 Å². The van der Waals surface area contributed by atoms with Gasteiger partial charge in [0.1, 0.15) is 0 Å². The zero-order chi connectivity index (χ0) is 10.8. The van der Waals surface area contributed by atoms with Crippen LogP contribution in [-0.2, 0) is 9.59 Å². The second kappa shape index (κ2) is 3.49. The van der Waals surface area contributed by atoms with E-state index in [1.54, 1.807) is 6.07 Å². The lowest BCUT2D eigenvalue weighted by atomic mass is 10.3. The molecule has 0 spiro atoms. The van der Waals surface area contributed by atoms with Crippen molar-refractivity contribution in [1.29, 1.82) is 0 Å². The van der Waals surface area contributed by atoms with Crippen LogP contribution in [0.1, 0.15) is 0 Å². The summed E-state index contributed by atoms with van der Waals surface area (Å²) in [7, 11) is 0. The molecule has 1 aromatic carbocycles. The highest BCUT2D eigenvalue weighted by Gasteiger charge is 2.16.